The van der Waals surface area contributed by atoms with Crippen LogP contribution in [0.4, 0.5) is 0 Å². The summed E-state index contributed by atoms with van der Waals surface area (Å²) in [6.07, 6.45) is 0.578. The first-order valence-electron chi connectivity index (χ1n) is 4.47. The van der Waals surface area contributed by atoms with E-state index in [0.717, 1.165) is 11.1 Å². The van der Waals surface area contributed by atoms with Gasteiger partial charge in [-0.25, -0.2) is 0 Å². The summed E-state index contributed by atoms with van der Waals surface area (Å²) in [5.41, 5.74) is 3.67. The average molecular weight is 188 g/mol. The second-order valence-corrected chi connectivity index (χ2v) is 3.40. The highest BCUT2D eigenvalue weighted by atomic mass is 16.5. The molecule has 0 fully saturated rings. The molecule has 0 bridgehead atoms. The van der Waals surface area contributed by atoms with Crippen LogP contribution in [0, 0.1) is 0 Å². The van der Waals surface area contributed by atoms with Crippen molar-refractivity contribution in [1.29, 1.82) is 0 Å². The van der Waals surface area contributed by atoms with Gasteiger partial charge in [0.05, 0.1) is 7.11 Å². The summed E-state index contributed by atoms with van der Waals surface area (Å²) in [5.74, 6) is 0.399. The van der Waals surface area contributed by atoms with Crippen molar-refractivity contribution in [3.63, 3.8) is 0 Å². The summed E-state index contributed by atoms with van der Waals surface area (Å²) >= 11 is 0. The Balaban J connectivity index is 2.46. The smallest absolute Gasteiger partial charge is 0.174 e. The molecule has 0 aliphatic heterocycles. The van der Waals surface area contributed by atoms with E-state index in [4.69, 9.17) is 4.74 Å². The van der Waals surface area contributed by atoms with Crippen LogP contribution in [0.25, 0.3) is 0 Å². The van der Waals surface area contributed by atoms with Crippen molar-refractivity contribution < 1.29 is 9.84 Å². The summed E-state index contributed by atoms with van der Waals surface area (Å²) in [7, 11) is 1.52. The minimum absolute atomic E-state index is 0.399. The monoisotopic (exact) mass is 188 g/mol. The van der Waals surface area contributed by atoms with Crippen molar-refractivity contribution in [1.82, 2.24) is 0 Å². The lowest BCUT2D eigenvalue weighted by Gasteiger charge is -2.39. The largest absolute Gasteiger partial charge is 0.490 e. The highest BCUT2D eigenvalue weighted by Gasteiger charge is 2.45. The molecule has 1 aromatic carbocycles. The number of aliphatic hydroxyl groups is 1. The molecule has 1 aliphatic rings. The van der Waals surface area contributed by atoms with Gasteiger partial charge in [0.25, 0.3) is 0 Å². The van der Waals surface area contributed by atoms with Gasteiger partial charge in [0.1, 0.15) is 0 Å². The Hall–Kier alpha value is -1.50. The van der Waals surface area contributed by atoms with E-state index in [9.17, 15) is 5.11 Å². The quantitative estimate of drug-likeness (QED) is 0.566. The molecule has 1 atom stereocenters. The SMILES string of the molecule is C=C=C(OC)[C@]1(O)Cc2ccccc21. The number of rotatable bonds is 2. The minimum atomic E-state index is -1.01. The maximum Gasteiger partial charge on any atom is 0.174 e. The Bertz CT molecular complexity index is 416. The number of hydrogen-bond donors (Lipinski definition) is 1. The van der Waals surface area contributed by atoms with Gasteiger partial charge in [-0.05, 0) is 11.1 Å². The Morgan fingerprint density at radius 1 is 1.57 bits per heavy atom. The molecule has 0 amide bonds. The lowest BCUT2D eigenvalue weighted by atomic mass is 9.72. The third-order valence-electron chi connectivity index (χ3n) is 2.65. The van der Waals surface area contributed by atoms with E-state index in [1.807, 2.05) is 24.3 Å². The van der Waals surface area contributed by atoms with Gasteiger partial charge in [-0.15, -0.1) is 0 Å². The van der Waals surface area contributed by atoms with Crippen molar-refractivity contribution in [2.24, 2.45) is 0 Å². The third-order valence-corrected chi connectivity index (χ3v) is 2.65. The zero-order valence-corrected chi connectivity index (χ0v) is 8.08. The first kappa shape index (κ1) is 9.07. The van der Waals surface area contributed by atoms with Crippen molar-refractivity contribution >= 4 is 0 Å². The molecule has 2 nitrogen and oxygen atoms in total. The standard InChI is InChI=1S/C12H12O2/c1-3-11(14-2)12(13)8-9-6-4-5-7-10(9)12/h4-7,13H,1,8H2,2H3/t12-/m0/s1. The lowest BCUT2D eigenvalue weighted by Crippen LogP contribution is -2.40. The number of benzene rings is 1. The summed E-state index contributed by atoms with van der Waals surface area (Å²) in [6.45, 7) is 3.51. The van der Waals surface area contributed by atoms with E-state index in [2.05, 4.69) is 12.3 Å². The van der Waals surface area contributed by atoms with E-state index >= 15 is 0 Å². The number of fused-ring (bicyclic) bond motifs is 1. The fraction of sp³-hybridized carbons (Fsp3) is 0.250. The lowest BCUT2D eigenvalue weighted by molar-refractivity contribution is -0.000550. The maximum atomic E-state index is 10.3. The molecule has 0 saturated carbocycles. The van der Waals surface area contributed by atoms with Crippen molar-refractivity contribution in [3.05, 3.63) is 53.5 Å². The number of hydrogen-bond acceptors (Lipinski definition) is 2. The molecule has 0 radical (unpaired) electrons. The summed E-state index contributed by atoms with van der Waals surface area (Å²) < 4.78 is 5.06. The molecule has 0 aromatic heterocycles. The molecule has 14 heavy (non-hydrogen) atoms. The van der Waals surface area contributed by atoms with Crippen LogP contribution in [0.3, 0.4) is 0 Å². The zero-order chi connectivity index (χ0) is 10.2. The third kappa shape index (κ3) is 1.02. The van der Waals surface area contributed by atoms with Gasteiger partial charge in [0.2, 0.25) is 0 Å². The Labute approximate surface area is 83.1 Å². The van der Waals surface area contributed by atoms with Crippen LogP contribution in [0.15, 0.2) is 42.3 Å². The molecule has 72 valence electrons. The molecular formula is C12H12O2. The Kier molecular flexibility index (Phi) is 1.95. The van der Waals surface area contributed by atoms with Crippen LogP contribution in [-0.2, 0) is 16.8 Å². The van der Waals surface area contributed by atoms with E-state index in [1.54, 1.807) is 0 Å². The normalized spacial score (nSPS) is 23.0. The summed E-state index contributed by atoms with van der Waals surface area (Å²) in [6, 6.07) is 7.76. The van der Waals surface area contributed by atoms with Gasteiger partial charge in [0.15, 0.2) is 11.4 Å². The first-order chi connectivity index (χ1) is 6.72. The van der Waals surface area contributed by atoms with Crippen LogP contribution in [-0.4, -0.2) is 12.2 Å². The zero-order valence-electron chi connectivity index (χ0n) is 8.08. The molecule has 1 aliphatic carbocycles. The first-order valence-corrected chi connectivity index (χ1v) is 4.47. The van der Waals surface area contributed by atoms with Gasteiger partial charge in [-0.3, -0.25) is 0 Å². The van der Waals surface area contributed by atoms with Gasteiger partial charge < -0.3 is 9.84 Å². The van der Waals surface area contributed by atoms with Crippen LogP contribution < -0.4 is 0 Å². The summed E-state index contributed by atoms with van der Waals surface area (Å²) in [5, 5.41) is 10.3. The molecule has 2 heteroatoms. The van der Waals surface area contributed by atoms with Crippen LogP contribution in [0.1, 0.15) is 11.1 Å². The fourth-order valence-corrected chi connectivity index (χ4v) is 1.93. The Morgan fingerprint density at radius 3 is 2.86 bits per heavy atom. The average Bonchev–Trinajstić information content (AvgIpc) is 2.18. The van der Waals surface area contributed by atoms with Gasteiger partial charge in [-0.2, -0.15) is 0 Å². The number of methoxy groups -OCH3 is 1. The molecule has 0 saturated heterocycles. The maximum absolute atomic E-state index is 10.3. The molecule has 2 rings (SSSR count). The van der Waals surface area contributed by atoms with Crippen LogP contribution in [0.5, 0.6) is 0 Å². The molecule has 0 heterocycles. The number of ether oxygens (including phenoxy) is 1. The Morgan fingerprint density at radius 2 is 2.29 bits per heavy atom. The summed E-state index contributed by atoms with van der Waals surface area (Å²) in [4.78, 5) is 0. The predicted octanol–water partition coefficient (Wildman–Crippen LogP) is 1.75. The molecule has 1 aromatic rings. The van der Waals surface area contributed by atoms with E-state index < -0.39 is 5.60 Å². The van der Waals surface area contributed by atoms with E-state index in [-0.39, 0.29) is 0 Å². The molecule has 0 spiro atoms. The predicted molar refractivity (Wildman–Crippen MR) is 53.7 cm³/mol. The van der Waals surface area contributed by atoms with Crippen molar-refractivity contribution in [2.45, 2.75) is 12.0 Å². The molecule has 1 N–H and O–H groups in total. The van der Waals surface area contributed by atoms with E-state index in [1.165, 1.54) is 7.11 Å². The molecular weight excluding hydrogens is 176 g/mol. The van der Waals surface area contributed by atoms with Crippen molar-refractivity contribution in [3.8, 4) is 0 Å². The topological polar surface area (TPSA) is 29.5 Å². The van der Waals surface area contributed by atoms with Gasteiger partial charge in [-0.1, -0.05) is 36.6 Å². The second kappa shape index (κ2) is 3.02. The van der Waals surface area contributed by atoms with Crippen LogP contribution >= 0.6 is 0 Å². The minimum Gasteiger partial charge on any atom is -0.490 e. The fourth-order valence-electron chi connectivity index (χ4n) is 1.93. The van der Waals surface area contributed by atoms with E-state index in [0.29, 0.717) is 12.2 Å². The van der Waals surface area contributed by atoms with Gasteiger partial charge in [0, 0.05) is 6.42 Å². The molecule has 0 unspecified atom stereocenters. The highest BCUT2D eigenvalue weighted by Crippen LogP contribution is 2.43. The second-order valence-electron chi connectivity index (χ2n) is 3.40. The highest BCUT2D eigenvalue weighted by molar-refractivity contribution is 5.47. The van der Waals surface area contributed by atoms with Crippen LogP contribution in [0.2, 0.25) is 0 Å². The van der Waals surface area contributed by atoms with Gasteiger partial charge >= 0.3 is 0 Å². The van der Waals surface area contributed by atoms with Crippen molar-refractivity contribution in [2.75, 3.05) is 7.11 Å².